The van der Waals surface area contributed by atoms with E-state index in [0.717, 1.165) is 43.4 Å². The number of amides is 1. The van der Waals surface area contributed by atoms with Gasteiger partial charge in [0, 0.05) is 37.9 Å². The minimum atomic E-state index is -0.0195. The van der Waals surface area contributed by atoms with Crippen molar-refractivity contribution in [3.8, 4) is 0 Å². The van der Waals surface area contributed by atoms with Gasteiger partial charge in [0.2, 0.25) is 0 Å². The molecule has 8 heteroatoms. The van der Waals surface area contributed by atoms with Gasteiger partial charge < -0.3 is 18.5 Å². The Balaban J connectivity index is 1.21. The number of carbonyl (C=O) groups excluding carboxylic acids is 1. The average Bonchev–Trinajstić information content (AvgIpc) is 3.19. The fourth-order valence-electron chi connectivity index (χ4n) is 5.16. The highest BCUT2D eigenvalue weighted by Crippen LogP contribution is 2.55. The smallest absolute Gasteiger partial charge is 0.289 e. The fraction of sp³-hybridized carbons (Fsp3) is 0.545. The topological polar surface area (TPSA) is 82.0 Å². The maximum atomic E-state index is 13.2. The highest BCUT2D eigenvalue weighted by molar-refractivity contribution is 5.92. The molecule has 3 aromatic heterocycles. The van der Waals surface area contributed by atoms with Gasteiger partial charge in [0.15, 0.2) is 5.76 Å². The van der Waals surface area contributed by atoms with Crippen LogP contribution in [-0.2, 0) is 13.1 Å². The van der Waals surface area contributed by atoms with Crippen molar-refractivity contribution in [3.63, 3.8) is 0 Å². The third kappa shape index (κ3) is 3.05. The summed E-state index contributed by atoms with van der Waals surface area (Å²) in [5.41, 5.74) is 0.149. The number of imidazole rings is 1. The first-order chi connectivity index (χ1) is 14.7. The molecule has 0 radical (unpaired) electrons. The lowest BCUT2D eigenvalue weighted by atomic mass is 9.62. The molecular formula is C22H26N6O2. The molecule has 1 aliphatic heterocycles. The van der Waals surface area contributed by atoms with E-state index in [1.165, 1.54) is 19.3 Å². The molecule has 1 saturated heterocycles. The van der Waals surface area contributed by atoms with Gasteiger partial charge in [-0.25, -0.2) is 4.98 Å². The van der Waals surface area contributed by atoms with Crippen molar-refractivity contribution in [2.45, 2.75) is 51.1 Å². The van der Waals surface area contributed by atoms with Crippen LogP contribution in [0.5, 0.6) is 0 Å². The quantitative estimate of drug-likeness (QED) is 0.629. The van der Waals surface area contributed by atoms with Crippen LogP contribution in [-0.4, -0.2) is 48.2 Å². The number of carbonyl (C=O) groups is 1. The molecule has 3 aliphatic rings. The van der Waals surface area contributed by atoms with E-state index in [1.54, 1.807) is 18.6 Å². The standard InChI is InChI=1S/C22H26N6O2/c29-21(19-5-4-17(30-19)11-26-9-8-23-14-26)27-12-18(22(13-27)6-1-7-22)20-25-24-15-28(20)10-16-2-3-16/h4-5,8-9,14-16,18H,1-3,6-7,10-13H2. The first-order valence-electron chi connectivity index (χ1n) is 10.9. The van der Waals surface area contributed by atoms with Crippen LogP contribution in [0.3, 0.4) is 0 Å². The SMILES string of the molecule is O=C(c1ccc(Cn2ccnc2)o1)N1CC(c2nncn2CC2CC2)C2(CCC2)C1. The normalized spacial score (nSPS) is 22.5. The molecule has 1 spiro atoms. The lowest BCUT2D eigenvalue weighted by Crippen LogP contribution is -2.38. The molecule has 4 heterocycles. The Bertz CT molecular complexity index is 1040. The van der Waals surface area contributed by atoms with Crippen LogP contribution in [0.2, 0.25) is 0 Å². The number of hydrogen-bond acceptors (Lipinski definition) is 5. The van der Waals surface area contributed by atoms with Crippen molar-refractivity contribution in [1.82, 2.24) is 29.2 Å². The molecule has 3 fully saturated rings. The van der Waals surface area contributed by atoms with Gasteiger partial charge in [-0.05, 0) is 49.1 Å². The molecule has 0 aromatic carbocycles. The van der Waals surface area contributed by atoms with E-state index in [-0.39, 0.29) is 17.2 Å². The zero-order chi connectivity index (χ0) is 20.1. The second kappa shape index (κ2) is 6.82. The highest BCUT2D eigenvalue weighted by atomic mass is 16.4. The van der Waals surface area contributed by atoms with Crippen LogP contribution in [0.1, 0.15) is 60.2 Å². The van der Waals surface area contributed by atoms with Crippen LogP contribution in [0.15, 0.2) is 41.6 Å². The Morgan fingerprint density at radius 1 is 1.23 bits per heavy atom. The number of hydrogen-bond donors (Lipinski definition) is 0. The largest absolute Gasteiger partial charge is 0.454 e. The van der Waals surface area contributed by atoms with E-state index in [0.29, 0.717) is 18.8 Å². The van der Waals surface area contributed by atoms with Crippen molar-refractivity contribution in [2.24, 2.45) is 11.3 Å². The van der Waals surface area contributed by atoms with Crippen molar-refractivity contribution >= 4 is 5.91 Å². The summed E-state index contributed by atoms with van der Waals surface area (Å²) in [6.45, 7) is 3.06. The van der Waals surface area contributed by atoms with Gasteiger partial charge in [0.05, 0.1) is 12.9 Å². The zero-order valence-corrected chi connectivity index (χ0v) is 17.0. The summed E-state index contributed by atoms with van der Waals surface area (Å²) in [7, 11) is 0. The Hall–Kier alpha value is -2.90. The molecule has 1 unspecified atom stereocenters. The first-order valence-corrected chi connectivity index (χ1v) is 10.9. The molecule has 1 atom stereocenters. The minimum Gasteiger partial charge on any atom is -0.454 e. The second-order valence-corrected chi connectivity index (χ2v) is 9.24. The van der Waals surface area contributed by atoms with Crippen molar-refractivity contribution < 1.29 is 9.21 Å². The van der Waals surface area contributed by atoms with E-state index in [4.69, 9.17) is 4.42 Å². The molecule has 156 valence electrons. The van der Waals surface area contributed by atoms with E-state index in [1.807, 2.05) is 28.1 Å². The van der Waals surface area contributed by atoms with Gasteiger partial charge >= 0.3 is 0 Å². The van der Waals surface area contributed by atoms with Crippen LogP contribution in [0.4, 0.5) is 0 Å². The van der Waals surface area contributed by atoms with Crippen molar-refractivity contribution in [2.75, 3.05) is 13.1 Å². The Kier molecular flexibility index (Phi) is 4.07. The van der Waals surface area contributed by atoms with Crippen LogP contribution in [0.25, 0.3) is 0 Å². The van der Waals surface area contributed by atoms with E-state index in [9.17, 15) is 4.79 Å². The summed E-state index contributed by atoms with van der Waals surface area (Å²) in [6, 6.07) is 3.68. The molecule has 30 heavy (non-hydrogen) atoms. The number of rotatable bonds is 6. The minimum absolute atomic E-state index is 0.0195. The fourth-order valence-corrected chi connectivity index (χ4v) is 5.16. The van der Waals surface area contributed by atoms with Gasteiger partial charge in [0.1, 0.15) is 17.9 Å². The summed E-state index contributed by atoms with van der Waals surface area (Å²) in [6.07, 6.45) is 13.4. The van der Waals surface area contributed by atoms with Gasteiger partial charge in [-0.2, -0.15) is 0 Å². The Morgan fingerprint density at radius 3 is 2.87 bits per heavy atom. The summed E-state index contributed by atoms with van der Waals surface area (Å²) in [5, 5.41) is 8.73. The molecular weight excluding hydrogens is 380 g/mol. The molecule has 2 saturated carbocycles. The molecule has 1 amide bonds. The summed E-state index contributed by atoms with van der Waals surface area (Å²) in [4.78, 5) is 19.3. The molecule has 8 nitrogen and oxygen atoms in total. The van der Waals surface area contributed by atoms with Gasteiger partial charge in [-0.15, -0.1) is 10.2 Å². The lowest BCUT2D eigenvalue weighted by Gasteiger charge is -2.42. The third-order valence-corrected chi connectivity index (χ3v) is 7.16. The number of nitrogens with zero attached hydrogens (tertiary/aromatic N) is 6. The van der Waals surface area contributed by atoms with Crippen LogP contribution in [0, 0.1) is 11.3 Å². The molecule has 2 aliphatic carbocycles. The van der Waals surface area contributed by atoms with Crippen LogP contribution < -0.4 is 0 Å². The zero-order valence-electron chi connectivity index (χ0n) is 17.0. The first kappa shape index (κ1) is 17.9. The van der Waals surface area contributed by atoms with Gasteiger partial charge in [-0.1, -0.05) is 6.42 Å². The Morgan fingerprint density at radius 2 is 2.13 bits per heavy atom. The highest BCUT2D eigenvalue weighted by Gasteiger charge is 2.54. The molecule has 3 aromatic rings. The average molecular weight is 406 g/mol. The van der Waals surface area contributed by atoms with Crippen molar-refractivity contribution in [3.05, 3.63) is 54.5 Å². The number of aromatic nitrogens is 5. The molecule has 6 rings (SSSR count). The summed E-state index contributed by atoms with van der Waals surface area (Å²) < 4.78 is 10.1. The van der Waals surface area contributed by atoms with E-state index < -0.39 is 0 Å². The molecule has 0 bridgehead atoms. The summed E-state index contributed by atoms with van der Waals surface area (Å²) >= 11 is 0. The van der Waals surface area contributed by atoms with Gasteiger partial charge in [-0.3, -0.25) is 4.79 Å². The maximum absolute atomic E-state index is 13.2. The lowest BCUT2D eigenvalue weighted by molar-refractivity contribution is 0.0692. The van der Waals surface area contributed by atoms with E-state index >= 15 is 0 Å². The predicted octanol–water partition coefficient (Wildman–Crippen LogP) is 2.94. The number of likely N-dealkylation sites (tertiary alicyclic amines) is 1. The second-order valence-electron chi connectivity index (χ2n) is 9.24. The number of furan rings is 1. The maximum Gasteiger partial charge on any atom is 0.289 e. The third-order valence-electron chi connectivity index (χ3n) is 7.16. The Labute approximate surface area is 174 Å². The van der Waals surface area contributed by atoms with Crippen molar-refractivity contribution in [1.29, 1.82) is 0 Å². The molecule has 0 N–H and O–H groups in total. The summed E-state index contributed by atoms with van der Waals surface area (Å²) in [5.74, 6) is 3.26. The monoisotopic (exact) mass is 406 g/mol. The van der Waals surface area contributed by atoms with Crippen LogP contribution >= 0.6 is 0 Å². The predicted molar refractivity (Wildman–Crippen MR) is 108 cm³/mol. The van der Waals surface area contributed by atoms with E-state index in [2.05, 4.69) is 19.7 Å². The van der Waals surface area contributed by atoms with Gasteiger partial charge in [0.25, 0.3) is 5.91 Å².